The van der Waals surface area contributed by atoms with Gasteiger partial charge in [-0.15, -0.1) is 0 Å². The highest BCUT2D eigenvalue weighted by molar-refractivity contribution is 5.96. The molecule has 0 aliphatic heterocycles. The number of hydrogen-bond donors (Lipinski definition) is 0. The molecule has 0 unspecified atom stereocenters. The molecule has 0 aromatic heterocycles. The van der Waals surface area contributed by atoms with Crippen molar-refractivity contribution in [2.24, 2.45) is 0 Å². The van der Waals surface area contributed by atoms with Gasteiger partial charge in [-0.05, 0) is 45.2 Å². The highest BCUT2D eigenvalue weighted by Crippen LogP contribution is 2.22. The van der Waals surface area contributed by atoms with Gasteiger partial charge in [-0.2, -0.15) is 0 Å². The summed E-state index contributed by atoms with van der Waals surface area (Å²) in [5.74, 6) is -0.757. The zero-order valence-electron chi connectivity index (χ0n) is 13.3. The molecule has 0 bridgehead atoms. The molecule has 0 saturated heterocycles. The van der Waals surface area contributed by atoms with Crippen molar-refractivity contribution in [2.75, 3.05) is 0 Å². The van der Waals surface area contributed by atoms with E-state index in [0.717, 1.165) is 5.56 Å². The predicted molar refractivity (Wildman–Crippen MR) is 77.0 cm³/mol. The third kappa shape index (κ3) is 3.12. The molecule has 100 valence electrons. The molecule has 1 amide bonds. The summed E-state index contributed by atoms with van der Waals surface area (Å²) in [7, 11) is 0. The zero-order valence-corrected chi connectivity index (χ0v) is 12.3. The van der Waals surface area contributed by atoms with Crippen LogP contribution >= 0.6 is 0 Å². The van der Waals surface area contributed by atoms with Crippen LogP contribution in [0.2, 0.25) is 0 Å². The van der Waals surface area contributed by atoms with Gasteiger partial charge >= 0.3 is 0 Å². The van der Waals surface area contributed by atoms with Crippen LogP contribution in [0.3, 0.4) is 0 Å². The van der Waals surface area contributed by atoms with Gasteiger partial charge in [0.05, 0.1) is 0 Å². The molecule has 1 aromatic rings. The molecular formula is C16H25NO. The van der Waals surface area contributed by atoms with Crippen molar-refractivity contribution in [3.63, 3.8) is 0 Å². The molecule has 0 aliphatic carbocycles. The Hall–Kier alpha value is -1.31. The Balaban J connectivity index is 3.27. The summed E-state index contributed by atoms with van der Waals surface area (Å²) in [4.78, 5) is 14.6. The van der Waals surface area contributed by atoms with E-state index in [1.165, 1.54) is 0 Å². The maximum Gasteiger partial charge on any atom is 0.254 e. The molecule has 1 rings (SSSR count). The topological polar surface area (TPSA) is 20.3 Å². The van der Waals surface area contributed by atoms with Crippen molar-refractivity contribution < 1.29 is 6.17 Å². The minimum atomic E-state index is -0.772. The van der Waals surface area contributed by atoms with E-state index in [9.17, 15) is 4.79 Å². The molecule has 2 nitrogen and oxygen atoms in total. The maximum absolute atomic E-state index is 12.7. The van der Waals surface area contributed by atoms with Crippen molar-refractivity contribution in [2.45, 2.75) is 59.5 Å². The van der Waals surface area contributed by atoms with Crippen molar-refractivity contribution >= 4 is 5.91 Å². The van der Waals surface area contributed by atoms with Gasteiger partial charge in [-0.25, -0.2) is 0 Å². The lowest BCUT2D eigenvalue weighted by Crippen LogP contribution is -2.42. The van der Waals surface area contributed by atoms with Gasteiger partial charge in [-0.3, -0.25) is 4.79 Å². The average Bonchev–Trinajstić information content (AvgIpc) is 2.26. The van der Waals surface area contributed by atoms with E-state index in [0.29, 0.717) is 5.56 Å². The monoisotopic (exact) mass is 248 g/mol. The third-order valence-corrected chi connectivity index (χ3v) is 3.04. The Morgan fingerprint density at radius 3 is 2.00 bits per heavy atom. The van der Waals surface area contributed by atoms with Crippen LogP contribution in [0.15, 0.2) is 24.3 Å². The van der Waals surface area contributed by atoms with Crippen LogP contribution < -0.4 is 0 Å². The Morgan fingerprint density at radius 1 is 1.06 bits per heavy atom. The number of nitrogens with zero attached hydrogens (tertiary/aromatic N) is 1. The Bertz CT molecular complexity index is 438. The lowest BCUT2D eigenvalue weighted by molar-refractivity contribution is 0.0642. The van der Waals surface area contributed by atoms with E-state index in [2.05, 4.69) is 0 Å². The van der Waals surface area contributed by atoms with Crippen molar-refractivity contribution in [3.8, 4) is 0 Å². The molecule has 18 heavy (non-hydrogen) atoms. The van der Waals surface area contributed by atoms with E-state index in [4.69, 9.17) is 1.37 Å². The fraction of sp³-hybridized carbons (Fsp3) is 0.562. The summed E-state index contributed by atoms with van der Waals surface area (Å²) >= 11 is 0. The van der Waals surface area contributed by atoms with Gasteiger partial charge in [0.25, 0.3) is 5.91 Å². The number of carbonyl (C=O) groups is 1. The zero-order chi connectivity index (χ0) is 14.8. The molecule has 0 saturated carbocycles. The Morgan fingerprint density at radius 2 is 1.56 bits per heavy atom. The Labute approximate surface area is 112 Å². The lowest BCUT2D eigenvalue weighted by atomic mass is 9.96. The lowest BCUT2D eigenvalue weighted by Gasteiger charge is -2.31. The quantitative estimate of drug-likeness (QED) is 0.786. The molecule has 0 heterocycles. The smallest absolute Gasteiger partial charge is 0.254 e. The fourth-order valence-corrected chi connectivity index (χ4v) is 2.31. The third-order valence-electron chi connectivity index (χ3n) is 3.04. The standard InChI is InChI=1S/C16H25NO/c1-11(2)14-9-7-8-10-15(14)16(18)17(12(3)4)13(5)6/h7-13H,1-6H3/i11D. The van der Waals surface area contributed by atoms with Crippen LogP contribution in [0.4, 0.5) is 0 Å². The normalized spacial score (nSPS) is 12.8. The first kappa shape index (κ1) is 13.1. The van der Waals surface area contributed by atoms with Gasteiger partial charge in [0.15, 0.2) is 0 Å². The number of hydrogen-bond acceptors (Lipinski definition) is 1. The van der Waals surface area contributed by atoms with Gasteiger partial charge in [-0.1, -0.05) is 32.0 Å². The second-order valence-corrected chi connectivity index (χ2v) is 5.45. The number of carbonyl (C=O) groups excluding carboxylic acids is 1. The summed E-state index contributed by atoms with van der Waals surface area (Å²) in [5, 5.41) is 0. The van der Waals surface area contributed by atoms with Gasteiger partial charge in [0, 0.05) is 19.0 Å². The van der Waals surface area contributed by atoms with Crippen LogP contribution in [0, 0.1) is 0 Å². The van der Waals surface area contributed by atoms with Crippen molar-refractivity contribution in [3.05, 3.63) is 35.4 Å². The van der Waals surface area contributed by atoms with Crippen molar-refractivity contribution in [1.82, 2.24) is 4.90 Å². The van der Waals surface area contributed by atoms with Gasteiger partial charge in [0.2, 0.25) is 0 Å². The van der Waals surface area contributed by atoms with Crippen LogP contribution in [0.5, 0.6) is 0 Å². The van der Waals surface area contributed by atoms with E-state index < -0.39 is 5.89 Å². The van der Waals surface area contributed by atoms with Crippen LogP contribution in [0.1, 0.15) is 64.7 Å². The summed E-state index contributed by atoms with van der Waals surface area (Å²) in [6.07, 6.45) is 0. The molecule has 1 aromatic carbocycles. The molecular weight excluding hydrogens is 222 g/mol. The minimum Gasteiger partial charge on any atom is -0.334 e. The maximum atomic E-state index is 12.7. The summed E-state index contributed by atoms with van der Waals surface area (Å²) in [6.45, 7) is 11.7. The first-order valence-corrected chi connectivity index (χ1v) is 6.58. The number of benzene rings is 1. The van der Waals surface area contributed by atoms with Gasteiger partial charge < -0.3 is 4.90 Å². The van der Waals surface area contributed by atoms with Gasteiger partial charge in [0.1, 0.15) is 0 Å². The fourth-order valence-electron chi connectivity index (χ4n) is 2.31. The summed E-state index contributed by atoms with van der Waals surface area (Å²) < 4.78 is 8.19. The Kier molecular flexibility index (Phi) is 4.40. The highest BCUT2D eigenvalue weighted by Gasteiger charge is 2.23. The first-order chi connectivity index (χ1) is 8.66. The van der Waals surface area contributed by atoms with E-state index in [1.54, 1.807) is 0 Å². The van der Waals surface area contributed by atoms with Crippen LogP contribution in [-0.4, -0.2) is 22.9 Å². The molecule has 0 fully saturated rings. The molecule has 0 spiro atoms. The molecule has 0 atom stereocenters. The first-order valence-electron chi connectivity index (χ1n) is 7.08. The second-order valence-electron chi connectivity index (χ2n) is 5.45. The molecule has 0 aliphatic rings. The van der Waals surface area contributed by atoms with Crippen LogP contribution in [-0.2, 0) is 0 Å². The summed E-state index contributed by atoms with van der Waals surface area (Å²) in [6, 6.07) is 7.74. The summed E-state index contributed by atoms with van der Waals surface area (Å²) in [5.41, 5.74) is 1.43. The number of amides is 1. The number of rotatable bonds is 4. The van der Waals surface area contributed by atoms with Crippen molar-refractivity contribution in [1.29, 1.82) is 0 Å². The molecule has 2 heteroatoms. The highest BCUT2D eigenvalue weighted by atomic mass is 16.2. The van der Waals surface area contributed by atoms with E-state index in [1.807, 2.05) is 70.7 Å². The SMILES string of the molecule is [2H]C(C)(C)c1ccccc1C(=O)N(C(C)C)C(C)C. The minimum absolute atomic E-state index is 0.0147. The average molecular weight is 248 g/mol. The van der Waals surface area contributed by atoms with Crippen LogP contribution in [0.25, 0.3) is 0 Å². The molecule has 0 N–H and O–H groups in total. The largest absolute Gasteiger partial charge is 0.334 e. The predicted octanol–water partition coefficient (Wildman–Crippen LogP) is 4.07. The van der Waals surface area contributed by atoms with E-state index in [-0.39, 0.29) is 18.0 Å². The molecule has 0 radical (unpaired) electrons. The van der Waals surface area contributed by atoms with E-state index >= 15 is 0 Å². The second kappa shape index (κ2) is 6.03.